The number of carbonyl (C=O) groups excluding carboxylic acids is 1. The number of allylic oxidation sites excluding steroid dienone is 2. The fourth-order valence-electron chi connectivity index (χ4n) is 2.22. The van der Waals surface area contributed by atoms with Crippen molar-refractivity contribution < 1.29 is 14.3 Å². The number of rotatable bonds is 2. The molecule has 0 amide bonds. The maximum Gasteiger partial charge on any atom is 0.339 e. The van der Waals surface area contributed by atoms with E-state index in [0.29, 0.717) is 11.3 Å². The molecule has 0 bridgehead atoms. The number of nitriles is 1. The zero-order valence-electron chi connectivity index (χ0n) is 13.0. The summed E-state index contributed by atoms with van der Waals surface area (Å²) in [5, 5.41) is 11.3. The average molecular weight is 318 g/mol. The van der Waals surface area contributed by atoms with Crippen LogP contribution in [0.2, 0.25) is 0 Å². The Morgan fingerprint density at radius 3 is 2.68 bits per heavy atom. The van der Waals surface area contributed by atoms with E-state index in [1.165, 1.54) is 11.3 Å². The van der Waals surface area contributed by atoms with Crippen molar-refractivity contribution in [3.05, 3.63) is 45.2 Å². The summed E-state index contributed by atoms with van der Waals surface area (Å²) in [4.78, 5) is 13.4. The molecule has 0 unspecified atom stereocenters. The third-order valence-corrected chi connectivity index (χ3v) is 3.99. The van der Waals surface area contributed by atoms with Gasteiger partial charge in [0.15, 0.2) is 0 Å². The van der Waals surface area contributed by atoms with Gasteiger partial charge in [-0.15, -0.1) is 11.3 Å². The van der Waals surface area contributed by atoms with Gasteiger partial charge in [-0.3, -0.25) is 0 Å². The topological polar surface area (TPSA) is 85.3 Å². The summed E-state index contributed by atoms with van der Waals surface area (Å²) in [5.74, 6) is -0.646. The first-order valence-electron chi connectivity index (χ1n) is 6.79. The van der Waals surface area contributed by atoms with Gasteiger partial charge in [-0.05, 0) is 39.1 Å². The summed E-state index contributed by atoms with van der Waals surface area (Å²) >= 11 is 1.45. The average Bonchev–Trinajstić information content (AvgIpc) is 2.88. The van der Waals surface area contributed by atoms with Crippen LogP contribution in [-0.2, 0) is 14.3 Å². The third-order valence-electron chi connectivity index (χ3n) is 3.05. The molecule has 2 rings (SSSR count). The number of nitrogens with zero attached hydrogens (tertiary/aromatic N) is 1. The molecule has 1 aromatic heterocycles. The zero-order chi connectivity index (χ0) is 16.5. The summed E-state index contributed by atoms with van der Waals surface area (Å²) in [6.45, 7) is 7.03. The summed E-state index contributed by atoms with van der Waals surface area (Å²) in [6, 6.07) is 5.78. The molecule has 0 aromatic carbocycles. The molecule has 0 saturated heterocycles. The first kappa shape index (κ1) is 16.1. The van der Waals surface area contributed by atoms with Crippen LogP contribution in [0.3, 0.4) is 0 Å². The van der Waals surface area contributed by atoms with Crippen LogP contribution >= 0.6 is 11.3 Å². The van der Waals surface area contributed by atoms with E-state index in [1.54, 1.807) is 27.7 Å². The molecule has 1 atom stereocenters. The van der Waals surface area contributed by atoms with Crippen LogP contribution < -0.4 is 5.73 Å². The van der Waals surface area contributed by atoms with Crippen molar-refractivity contribution in [2.45, 2.75) is 39.2 Å². The van der Waals surface area contributed by atoms with Crippen molar-refractivity contribution in [2.75, 3.05) is 0 Å². The Morgan fingerprint density at radius 1 is 1.50 bits per heavy atom. The second-order valence-corrected chi connectivity index (χ2v) is 6.89. The minimum absolute atomic E-state index is 0.0331. The number of thiophene rings is 1. The van der Waals surface area contributed by atoms with E-state index in [4.69, 9.17) is 15.2 Å². The van der Waals surface area contributed by atoms with Crippen LogP contribution in [0, 0.1) is 11.3 Å². The normalized spacial score (nSPS) is 18.8. The smallest absolute Gasteiger partial charge is 0.339 e. The Morgan fingerprint density at radius 2 is 2.18 bits per heavy atom. The molecule has 22 heavy (non-hydrogen) atoms. The van der Waals surface area contributed by atoms with Gasteiger partial charge >= 0.3 is 5.97 Å². The van der Waals surface area contributed by atoms with Crippen LogP contribution in [0.5, 0.6) is 0 Å². The van der Waals surface area contributed by atoms with Gasteiger partial charge in [-0.25, -0.2) is 4.79 Å². The Balaban J connectivity index is 2.52. The Kier molecular flexibility index (Phi) is 4.29. The SMILES string of the molecule is CC1=C(C(=O)OC(C)(C)C)[C@H](c2cccs2)C(C#N)=C(N)O1. The monoisotopic (exact) mass is 318 g/mol. The Hall–Kier alpha value is -2.26. The van der Waals surface area contributed by atoms with Gasteiger partial charge in [0, 0.05) is 4.88 Å². The molecule has 2 heterocycles. The van der Waals surface area contributed by atoms with Crippen molar-refractivity contribution in [1.29, 1.82) is 5.26 Å². The highest BCUT2D eigenvalue weighted by molar-refractivity contribution is 7.10. The Bertz CT molecular complexity index is 688. The molecule has 6 heteroatoms. The highest BCUT2D eigenvalue weighted by atomic mass is 32.1. The number of carbonyl (C=O) groups is 1. The molecule has 0 aliphatic carbocycles. The van der Waals surface area contributed by atoms with Crippen molar-refractivity contribution >= 4 is 17.3 Å². The second-order valence-electron chi connectivity index (χ2n) is 5.91. The molecular weight excluding hydrogens is 300 g/mol. The largest absolute Gasteiger partial charge is 0.456 e. The molecule has 5 nitrogen and oxygen atoms in total. The number of hydrogen-bond donors (Lipinski definition) is 1. The van der Waals surface area contributed by atoms with Crippen molar-refractivity contribution in [3.8, 4) is 6.07 Å². The molecule has 1 aromatic rings. The summed E-state index contributed by atoms with van der Waals surface area (Å²) in [6.07, 6.45) is 0. The fraction of sp³-hybridized carbons (Fsp3) is 0.375. The van der Waals surface area contributed by atoms with Gasteiger partial charge in [0.25, 0.3) is 0 Å². The van der Waals surface area contributed by atoms with E-state index in [2.05, 4.69) is 6.07 Å². The maximum absolute atomic E-state index is 12.6. The lowest BCUT2D eigenvalue weighted by molar-refractivity contribution is -0.150. The summed E-state index contributed by atoms with van der Waals surface area (Å²) < 4.78 is 10.8. The van der Waals surface area contributed by atoms with Crippen LogP contribution in [-0.4, -0.2) is 11.6 Å². The highest BCUT2D eigenvalue weighted by Gasteiger charge is 2.38. The van der Waals surface area contributed by atoms with Gasteiger partial charge in [0.2, 0.25) is 5.88 Å². The van der Waals surface area contributed by atoms with Gasteiger partial charge in [-0.2, -0.15) is 5.26 Å². The minimum atomic E-state index is -0.635. The van der Waals surface area contributed by atoms with Crippen molar-refractivity contribution in [2.24, 2.45) is 5.73 Å². The van der Waals surface area contributed by atoms with E-state index in [0.717, 1.165) is 4.88 Å². The van der Waals surface area contributed by atoms with Crippen LogP contribution in [0.25, 0.3) is 0 Å². The van der Waals surface area contributed by atoms with E-state index in [9.17, 15) is 10.1 Å². The van der Waals surface area contributed by atoms with Crippen molar-refractivity contribution in [3.63, 3.8) is 0 Å². The highest BCUT2D eigenvalue weighted by Crippen LogP contribution is 2.41. The first-order chi connectivity index (χ1) is 10.2. The fourth-order valence-corrected chi connectivity index (χ4v) is 3.06. The molecule has 0 fully saturated rings. The number of nitrogens with two attached hydrogens (primary N) is 1. The van der Waals surface area contributed by atoms with E-state index in [1.807, 2.05) is 17.5 Å². The third kappa shape index (κ3) is 3.15. The van der Waals surface area contributed by atoms with Crippen LogP contribution in [0.4, 0.5) is 0 Å². The lowest BCUT2D eigenvalue weighted by Gasteiger charge is -2.28. The minimum Gasteiger partial charge on any atom is -0.456 e. The van der Waals surface area contributed by atoms with Gasteiger partial charge < -0.3 is 15.2 Å². The molecule has 116 valence electrons. The van der Waals surface area contributed by atoms with Crippen LogP contribution in [0.1, 0.15) is 38.5 Å². The standard InChI is InChI=1S/C16H18N2O3S/c1-9-12(15(19)21-16(2,3)4)13(11-6-5-7-22-11)10(8-17)14(18)20-9/h5-7,13H,18H2,1-4H3/t13-/m0/s1. The van der Waals surface area contributed by atoms with E-state index in [-0.39, 0.29) is 11.5 Å². The van der Waals surface area contributed by atoms with E-state index < -0.39 is 17.5 Å². The van der Waals surface area contributed by atoms with E-state index >= 15 is 0 Å². The second kappa shape index (κ2) is 5.85. The predicted molar refractivity (Wildman–Crippen MR) is 83.5 cm³/mol. The molecule has 0 spiro atoms. The predicted octanol–water partition coefficient (Wildman–Crippen LogP) is 3.17. The lowest BCUT2D eigenvalue weighted by atomic mass is 9.87. The van der Waals surface area contributed by atoms with Gasteiger partial charge in [0.05, 0.1) is 11.5 Å². The summed E-state index contributed by atoms with van der Waals surface area (Å²) in [7, 11) is 0. The quantitative estimate of drug-likeness (QED) is 0.846. The molecule has 2 N–H and O–H groups in total. The number of hydrogen-bond acceptors (Lipinski definition) is 6. The molecule has 0 saturated carbocycles. The molecule has 0 radical (unpaired) electrons. The molecule has 1 aliphatic rings. The summed E-state index contributed by atoms with van der Waals surface area (Å²) in [5.41, 5.74) is 5.74. The number of esters is 1. The first-order valence-corrected chi connectivity index (χ1v) is 7.67. The van der Waals surface area contributed by atoms with Gasteiger partial charge in [0.1, 0.15) is 23.0 Å². The molecular formula is C16H18N2O3S. The lowest BCUT2D eigenvalue weighted by Crippen LogP contribution is -2.30. The Labute approximate surface area is 133 Å². The molecule has 1 aliphatic heterocycles. The van der Waals surface area contributed by atoms with Crippen molar-refractivity contribution in [1.82, 2.24) is 0 Å². The van der Waals surface area contributed by atoms with Gasteiger partial charge in [-0.1, -0.05) is 6.07 Å². The zero-order valence-corrected chi connectivity index (χ0v) is 13.8. The van der Waals surface area contributed by atoms with Crippen LogP contribution in [0.15, 0.2) is 40.3 Å². The maximum atomic E-state index is 12.6. The number of ether oxygens (including phenoxy) is 2.